The standard InChI is InChI=1S/C11H19N3S/c1-11(6-3-2-4-7-11)10-14-13-9(15-10)5-8-12/h2-8,12H2,1H3. The molecule has 1 heterocycles. The fourth-order valence-corrected chi connectivity index (χ4v) is 3.32. The Kier molecular flexibility index (Phi) is 3.36. The summed E-state index contributed by atoms with van der Waals surface area (Å²) < 4.78 is 0. The van der Waals surface area contributed by atoms with E-state index in [9.17, 15) is 0 Å². The van der Waals surface area contributed by atoms with Gasteiger partial charge < -0.3 is 5.73 Å². The molecule has 0 spiro atoms. The van der Waals surface area contributed by atoms with Crippen molar-refractivity contribution in [2.24, 2.45) is 5.73 Å². The van der Waals surface area contributed by atoms with Gasteiger partial charge in [-0.05, 0) is 19.4 Å². The van der Waals surface area contributed by atoms with Crippen molar-refractivity contribution in [1.82, 2.24) is 10.2 Å². The van der Waals surface area contributed by atoms with E-state index in [4.69, 9.17) is 5.73 Å². The molecule has 1 aliphatic rings. The van der Waals surface area contributed by atoms with E-state index in [0.29, 0.717) is 12.0 Å². The van der Waals surface area contributed by atoms with Gasteiger partial charge in [-0.3, -0.25) is 0 Å². The highest BCUT2D eigenvalue weighted by Gasteiger charge is 2.32. The smallest absolute Gasteiger partial charge is 0.123 e. The number of hydrogen-bond acceptors (Lipinski definition) is 4. The summed E-state index contributed by atoms with van der Waals surface area (Å²) in [6.45, 7) is 3.00. The molecule has 0 unspecified atom stereocenters. The second kappa shape index (κ2) is 4.58. The number of nitrogens with zero attached hydrogens (tertiary/aromatic N) is 2. The van der Waals surface area contributed by atoms with Gasteiger partial charge in [0.25, 0.3) is 0 Å². The first-order valence-corrected chi connectivity index (χ1v) is 6.59. The van der Waals surface area contributed by atoms with E-state index in [-0.39, 0.29) is 0 Å². The van der Waals surface area contributed by atoms with Gasteiger partial charge in [-0.2, -0.15) is 0 Å². The van der Waals surface area contributed by atoms with Gasteiger partial charge in [0, 0.05) is 11.8 Å². The maximum Gasteiger partial charge on any atom is 0.123 e. The highest BCUT2D eigenvalue weighted by molar-refractivity contribution is 7.11. The van der Waals surface area contributed by atoms with Crippen LogP contribution in [0.3, 0.4) is 0 Å². The van der Waals surface area contributed by atoms with E-state index in [1.807, 2.05) is 0 Å². The van der Waals surface area contributed by atoms with E-state index in [2.05, 4.69) is 17.1 Å². The molecular weight excluding hydrogens is 206 g/mol. The van der Waals surface area contributed by atoms with Crippen molar-refractivity contribution in [1.29, 1.82) is 0 Å². The molecule has 1 saturated carbocycles. The minimum absolute atomic E-state index is 0.294. The molecular formula is C11H19N3S. The van der Waals surface area contributed by atoms with Gasteiger partial charge in [0.15, 0.2) is 0 Å². The SMILES string of the molecule is CC1(c2nnc(CCN)s2)CCCCC1. The molecule has 0 bridgehead atoms. The molecule has 0 radical (unpaired) electrons. The lowest BCUT2D eigenvalue weighted by atomic mass is 9.76. The Balaban J connectivity index is 2.12. The minimum atomic E-state index is 0.294. The third kappa shape index (κ3) is 2.37. The number of hydrogen-bond donors (Lipinski definition) is 1. The Morgan fingerprint density at radius 1 is 1.27 bits per heavy atom. The summed E-state index contributed by atoms with van der Waals surface area (Å²) in [6, 6.07) is 0. The van der Waals surface area contributed by atoms with E-state index in [0.717, 1.165) is 11.4 Å². The second-order valence-electron chi connectivity index (χ2n) is 4.66. The van der Waals surface area contributed by atoms with Crippen molar-refractivity contribution in [2.45, 2.75) is 50.9 Å². The predicted molar refractivity (Wildman–Crippen MR) is 63.1 cm³/mol. The van der Waals surface area contributed by atoms with Crippen LogP contribution >= 0.6 is 11.3 Å². The first-order chi connectivity index (χ1) is 7.24. The van der Waals surface area contributed by atoms with Gasteiger partial charge in [0.05, 0.1) is 0 Å². The molecule has 0 amide bonds. The zero-order valence-corrected chi connectivity index (χ0v) is 10.1. The van der Waals surface area contributed by atoms with Crippen LogP contribution < -0.4 is 5.73 Å². The largest absolute Gasteiger partial charge is 0.330 e. The molecule has 0 atom stereocenters. The third-order valence-corrected chi connectivity index (χ3v) is 4.59. The maximum atomic E-state index is 5.52. The van der Waals surface area contributed by atoms with Gasteiger partial charge in [-0.1, -0.05) is 26.2 Å². The molecule has 1 aromatic heterocycles. The molecule has 2 N–H and O–H groups in total. The first kappa shape index (κ1) is 11.0. The number of rotatable bonds is 3. The van der Waals surface area contributed by atoms with Crippen LogP contribution in [0.15, 0.2) is 0 Å². The molecule has 15 heavy (non-hydrogen) atoms. The summed E-state index contributed by atoms with van der Waals surface area (Å²) in [6.07, 6.45) is 7.46. The van der Waals surface area contributed by atoms with Crippen LogP contribution in [0, 0.1) is 0 Å². The number of nitrogens with two attached hydrogens (primary N) is 1. The fourth-order valence-electron chi connectivity index (χ4n) is 2.27. The van der Waals surface area contributed by atoms with Crippen LogP contribution in [-0.2, 0) is 11.8 Å². The maximum absolute atomic E-state index is 5.52. The van der Waals surface area contributed by atoms with Gasteiger partial charge >= 0.3 is 0 Å². The molecule has 1 aliphatic carbocycles. The summed E-state index contributed by atoms with van der Waals surface area (Å²) in [4.78, 5) is 0. The molecule has 0 aromatic carbocycles. The topological polar surface area (TPSA) is 51.8 Å². The van der Waals surface area contributed by atoms with Crippen molar-refractivity contribution < 1.29 is 0 Å². The van der Waals surface area contributed by atoms with Gasteiger partial charge in [0.1, 0.15) is 10.0 Å². The quantitative estimate of drug-likeness (QED) is 0.858. The molecule has 0 saturated heterocycles. The summed E-state index contributed by atoms with van der Waals surface area (Å²) in [5, 5.41) is 10.9. The predicted octanol–water partition coefficient (Wildman–Crippen LogP) is 2.26. The molecule has 1 aromatic rings. The first-order valence-electron chi connectivity index (χ1n) is 5.77. The van der Waals surface area contributed by atoms with E-state index < -0.39 is 0 Å². The van der Waals surface area contributed by atoms with Crippen LogP contribution in [0.2, 0.25) is 0 Å². The van der Waals surface area contributed by atoms with Crippen molar-refractivity contribution >= 4 is 11.3 Å². The van der Waals surface area contributed by atoms with E-state index in [1.165, 1.54) is 37.1 Å². The normalized spacial score (nSPS) is 20.4. The monoisotopic (exact) mass is 225 g/mol. The summed E-state index contributed by atoms with van der Waals surface area (Å²) >= 11 is 1.76. The zero-order chi connectivity index (χ0) is 10.7. The van der Waals surface area contributed by atoms with Gasteiger partial charge in [-0.15, -0.1) is 21.5 Å². The van der Waals surface area contributed by atoms with Gasteiger partial charge in [-0.25, -0.2) is 0 Å². The molecule has 84 valence electrons. The van der Waals surface area contributed by atoms with E-state index >= 15 is 0 Å². The van der Waals surface area contributed by atoms with Crippen molar-refractivity contribution in [3.63, 3.8) is 0 Å². The Morgan fingerprint density at radius 3 is 2.67 bits per heavy atom. The lowest BCUT2D eigenvalue weighted by molar-refractivity contribution is 0.317. The Hall–Kier alpha value is -0.480. The van der Waals surface area contributed by atoms with Crippen molar-refractivity contribution in [3.8, 4) is 0 Å². The fraction of sp³-hybridized carbons (Fsp3) is 0.818. The molecule has 3 nitrogen and oxygen atoms in total. The summed E-state index contributed by atoms with van der Waals surface area (Å²) in [5.41, 5.74) is 5.81. The Bertz CT molecular complexity index is 315. The van der Waals surface area contributed by atoms with Crippen molar-refractivity contribution in [2.75, 3.05) is 6.54 Å². The van der Waals surface area contributed by atoms with Crippen LogP contribution in [0.4, 0.5) is 0 Å². The third-order valence-electron chi connectivity index (χ3n) is 3.30. The Labute approximate surface area is 95.1 Å². The van der Waals surface area contributed by atoms with Crippen LogP contribution in [0.1, 0.15) is 49.0 Å². The summed E-state index contributed by atoms with van der Waals surface area (Å²) in [5.74, 6) is 0. The molecule has 1 fully saturated rings. The lowest BCUT2D eigenvalue weighted by Crippen LogP contribution is -2.24. The van der Waals surface area contributed by atoms with Crippen molar-refractivity contribution in [3.05, 3.63) is 10.0 Å². The second-order valence-corrected chi connectivity index (χ2v) is 5.72. The van der Waals surface area contributed by atoms with Crippen LogP contribution in [0.5, 0.6) is 0 Å². The highest BCUT2D eigenvalue weighted by atomic mass is 32.1. The molecule has 4 heteroatoms. The van der Waals surface area contributed by atoms with Crippen LogP contribution in [0.25, 0.3) is 0 Å². The minimum Gasteiger partial charge on any atom is -0.330 e. The average Bonchev–Trinajstić information content (AvgIpc) is 2.69. The number of aromatic nitrogens is 2. The van der Waals surface area contributed by atoms with E-state index in [1.54, 1.807) is 11.3 Å². The van der Waals surface area contributed by atoms with Crippen LogP contribution in [-0.4, -0.2) is 16.7 Å². The lowest BCUT2D eigenvalue weighted by Gasteiger charge is -2.30. The zero-order valence-electron chi connectivity index (χ0n) is 9.33. The highest BCUT2D eigenvalue weighted by Crippen LogP contribution is 2.39. The Morgan fingerprint density at radius 2 is 2.00 bits per heavy atom. The van der Waals surface area contributed by atoms with Gasteiger partial charge in [0.2, 0.25) is 0 Å². The average molecular weight is 225 g/mol. The summed E-state index contributed by atoms with van der Waals surface area (Å²) in [7, 11) is 0. The molecule has 2 rings (SSSR count). The molecule has 0 aliphatic heterocycles.